The molecule has 1 aromatic heterocycles. The number of hydrogen-bond acceptors (Lipinski definition) is 5. The smallest absolute Gasteiger partial charge is 0.435 e. The Morgan fingerprint density at radius 1 is 0.974 bits per heavy atom. The van der Waals surface area contributed by atoms with Crippen molar-refractivity contribution in [2.45, 2.75) is 30.5 Å². The highest BCUT2D eigenvalue weighted by molar-refractivity contribution is 7.89. The van der Waals surface area contributed by atoms with E-state index in [1.54, 1.807) is 42.5 Å². The lowest BCUT2D eigenvalue weighted by molar-refractivity contribution is -0.141. The number of benzene rings is 3. The maximum absolute atomic E-state index is 13.4. The van der Waals surface area contributed by atoms with Crippen LogP contribution in [0.5, 0.6) is 5.75 Å². The average molecular weight is 545 g/mol. The molecule has 0 amide bonds. The lowest BCUT2D eigenvalue weighted by Gasteiger charge is -2.12. The summed E-state index contributed by atoms with van der Waals surface area (Å²) in [5.74, 6) is 0.511. The molecule has 7 nitrogen and oxygen atoms in total. The second-order valence-electron chi connectivity index (χ2n) is 8.66. The number of nitrogens with one attached hydrogen (secondary N) is 2. The number of aromatic nitrogens is 2. The van der Waals surface area contributed by atoms with Gasteiger partial charge in [-0.3, -0.25) is 0 Å². The molecule has 0 fully saturated rings. The number of hydrogen-bond donors (Lipinski definition) is 2. The van der Waals surface area contributed by atoms with Crippen LogP contribution in [0.25, 0.3) is 16.9 Å². The zero-order chi connectivity index (χ0) is 27.3. The standard InChI is InChI=1S/C27H27F3N4O3S/c1-19(31-2)16-20-8-12-23(13-9-20)37-18-32-38(35,36)24-14-10-22(11-15-24)34-25(21-6-4-3-5-7-21)17-26(33-34)27(28,29)30/h3-15,17,19,31-32H,16,18H2,1-2H3. The predicted octanol–water partition coefficient (Wildman–Crippen LogP) is 5.02. The Morgan fingerprint density at radius 3 is 2.24 bits per heavy atom. The minimum atomic E-state index is -4.63. The van der Waals surface area contributed by atoms with E-state index in [-0.39, 0.29) is 23.0 Å². The van der Waals surface area contributed by atoms with E-state index in [0.29, 0.717) is 17.4 Å². The Morgan fingerprint density at radius 2 is 1.63 bits per heavy atom. The predicted molar refractivity (Wildman–Crippen MR) is 138 cm³/mol. The highest BCUT2D eigenvalue weighted by atomic mass is 32.2. The fourth-order valence-electron chi connectivity index (χ4n) is 3.75. The number of likely N-dealkylation sites (N-methyl/N-ethyl adjacent to an activating group) is 1. The van der Waals surface area contributed by atoms with E-state index in [0.717, 1.165) is 22.7 Å². The van der Waals surface area contributed by atoms with Crippen molar-refractivity contribution in [1.82, 2.24) is 19.8 Å². The zero-order valence-corrected chi connectivity index (χ0v) is 21.6. The van der Waals surface area contributed by atoms with Crippen molar-refractivity contribution in [3.05, 3.63) is 96.2 Å². The van der Waals surface area contributed by atoms with Crippen molar-refractivity contribution in [1.29, 1.82) is 0 Å². The van der Waals surface area contributed by atoms with Crippen molar-refractivity contribution < 1.29 is 26.3 Å². The van der Waals surface area contributed by atoms with Crippen molar-refractivity contribution >= 4 is 10.0 Å². The van der Waals surface area contributed by atoms with Crippen LogP contribution in [-0.2, 0) is 22.6 Å². The van der Waals surface area contributed by atoms with Gasteiger partial charge in [-0.15, -0.1) is 0 Å². The Balaban J connectivity index is 1.46. The zero-order valence-electron chi connectivity index (χ0n) is 20.7. The molecule has 0 bridgehead atoms. The van der Waals surface area contributed by atoms with Crippen molar-refractivity contribution in [2.24, 2.45) is 0 Å². The fourth-order valence-corrected chi connectivity index (χ4v) is 4.62. The van der Waals surface area contributed by atoms with Crippen molar-refractivity contribution in [3.63, 3.8) is 0 Å². The van der Waals surface area contributed by atoms with Crippen LogP contribution < -0.4 is 14.8 Å². The fraction of sp³-hybridized carbons (Fsp3) is 0.222. The third kappa shape index (κ3) is 6.60. The van der Waals surface area contributed by atoms with Crippen LogP contribution in [0.1, 0.15) is 18.2 Å². The highest BCUT2D eigenvalue weighted by Gasteiger charge is 2.35. The first-order chi connectivity index (χ1) is 18.1. The number of halogens is 3. The quantitative estimate of drug-likeness (QED) is 0.274. The van der Waals surface area contributed by atoms with Gasteiger partial charge >= 0.3 is 6.18 Å². The third-order valence-corrected chi connectivity index (χ3v) is 7.30. The lowest BCUT2D eigenvalue weighted by Crippen LogP contribution is -2.28. The molecule has 0 aliphatic carbocycles. The van der Waals surface area contributed by atoms with Crippen LogP contribution in [-0.4, -0.2) is 38.0 Å². The molecular weight excluding hydrogens is 517 g/mol. The maximum atomic E-state index is 13.4. The third-order valence-electron chi connectivity index (χ3n) is 5.91. The highest BCUT2D eigenvalue weighted by Crippen LogP contribution is 2.33. The van der Waals surface area contributed by atoms with Crippen LogP contribution in [0, 0.1) is 0 Å². The van der Waals surface area contributed by atoms with Gasteiger partial charge in [-0.25, -0.2) is 13.1 Å². The van der Waals surface area contributed by atoms with Crippen LogP contribution in [0.2, 0.25) is 0 Å². The molecule has 4 rings (SSSR count). The van der Waals surface area contributed by atoms with Crippen LogP contribution in [0.4, 0.5) is 13.2 Å². The van der Waals surface area contributed by atoms with Gasteiger partial charge < -0.3 is 10.1 Å². The summed E-state index contributed by atoms with van der Waals surface area (Å²) in [5, 5.41) is 6.90. The molecule has 1 unspecified atom stereocenters. The normalized spacial score (nSPS) is 12.9. The van der Waals surface area contributed by atoms with Gasteiger partial charge in [0.25, 0.3) is 0 Å². The van der Waals surface area contributed by atoms with Gasteiger partial charge in [-0.2, -0.15) is 23.0 Å². The minimum absolute atomic E-state index is 0.0642. The maximum Gasteiger partial charge on any atom is 0.435 e. The summed E-state index contributed by atoms with van der Waals surface area (Å²) in [6, 6.07) is 22.6. The van der Waals surface area contributed by atoms with Crippen LogP contribution in [0.3, 0.4) is 0 Å². The van der Waals surface area contributed by atoms with E-state index in [9.17, 15) is 21.6 Å². The minimum Gasteiger partial charge on any atom is -0.477 e. The van der Waals surface area contributed by atoms with Gasteiger partial charge in [-0.05, 0) is 68.4 Å². The first kappa shape index (κ1) is 27.4. The SMILES string of the molecule is CNC(C)Cc1ccc(OCNS(=O)(=O)c2ccc(-n3nc(C(F)(F)F)cc3-c3ccccc3)cc2)cc1. The monoisotopic (exact) mass is 544 g/mol. The molecular formula is C27H27F3N4O3S. The van der Waals surface area contributed by atoms with Crippen molar-refractivity contribution in [2.75, 3.05) is 13.8 Å². The van der Waals surface area contributed by atoms with Gasteiger partial charge in [0, 0.05) is 11.6 Å². The van der Waals surface area contributed by atoms with Crippen LogP contribution >= 0.6 is 0 Å². The van der Waals surface area contributed by atoms with E-state index in [1.807, 2.05) is 19.2 Å². The topological polar surface area (TPSA) is 85.3 Å². The Labute approximate surface area is 219 Å². The molecule has 38 heavy (non-hydrogen) atoms. The number of ether oxygens (including phenoxy) is 1. The van der Waals surface area contributed by atoms with Gasteiger partial charge in [-0.1, -0.05) is 42.5 Å². The molecule has 0 spiro atoms. The molecule has 0 saturated heterocycles. The van der Waals surface area contributed by atoms with Gasteiger partial charge in [0.05, 0.1) is 16.3 Å². The summed E-state index contributed by atoms with van der Waals surface area (Å²) in [4.78, 5) is -0.0642. The summed E-state index contributed by atoms with van der Waals surface area (Å²) in [7, 11) is -2.04. The molecule has 1 atom stereocenters. The van der Waals surface area contributed by atoms with E-state index >= 15 is 0 Å². The Hall–Kier alpha value is -3.67. The van der Waals surface area contributed by atoms with Gasteiger partial charge in [0.1, 0.15) is 5.75 Å². The van der Waals surface area contributed by atoms with E-state index in [1.165, 1.54) is 24.3 Å². The van der Waals surface area contributed by atoms with E-state index in [4.69, 9.17) is 4.74 Å². The summed E-state index contributed by atoms with van der Waals surface area (Å²) in [5.41, 5.74) is 1.12. The first-order valence-corrected chi connectivity index (χ1v) is 13.3. The molecule has 3 aromatic carbocycles. The number of rotatable bonds is 10. The second kappa shape index (κ2) is 11.4. The largest absolute Gasteiger partial charge is 0.477 e. The van der Waals surface area contributed by atoms with Crippen LogP contribution in [0.15, 0.2) is 89.8 Å². The molecule has 0 radical (unpaired) electrons. The number of alkyl halides is 3. The molecule has 200 valence electrons. The molecule has 0 aliphatic rings. The first-order valence-electron chi connectivity index (χ1n) is 11.8. The number of sulfonamides is 1. The summed E-state index contributed by atoms with van der Waals surface area (Å²) < 4.78 is 74.6. The molecule has 0 aliphatic heterocycles. The van der Waals surface area contributed by atoms with Gasteiger partial charge in [0.2, 0.25) is 10.0 Å². The summed E-state index contributed by atoms with van der Waals surface area (Å²) in [6.45, 7) is 1.78. The molecule has 1 heterocycles. The average Bonchev–Trinajstić information content (AvgIpc) is 3.37. The lowest BCUT2D eigenvalue weighted by atomic mass is 10.1. The van der Waals surface area contributed by atoms with E-state index in [2.05, 4.69) is 22.1 Å². The summed E-state index contributed by atoms with van der Waals surface area (Å²) in [6.07, 6.45) is -3.78. The van der Waals surface area contributed by atoms with Crippen molar-refractivity contribution in [3.8, 4) is 22.7 Å². The molecule has 2 N–H and O–H groups in total. The molecule has 4 aromatic rings. The molecule has 0 saturated carbocycles. The molecule has 11 heteroatoms. The Bertz CT molecular complexity index is 1450. The Kier molecular flexibility index (Phi) is 8.20. The second-order valence-corrected chi connectivity index (χ2v) is 10.4. The summed E-state index contributed by atoms with van der Waals surface area (Å²) >= 11 is 0. The van der Waals surface area contributed by atoms with E-state index < -0.39 is 21.9 Å². The number of nitrogens with zero attached hydrogens (tertiary/aromatic N) is 2. The van der Waals surface area contributed by atoms with Gasteiger partial charge in [0.15, 0.2) is 12.4 Å².